The van der Waals surface area contributed by atoms with Crippen molar-refractivity contribution in [3.8, 4) is 0 Å². The summed E-state index contributed by atoms with van der Waals surface area (Å²) in [6, 6.07) is -0.862. The zero-order chi connectivity index (χ0) is 57.7. The summed E-state index contributed by atoms with van der Waals surface area (Å²) in [5.41, 5.74) is 0. The third-order valence-corrected chi connectivity index (χ3v) is 16.8. The minimum atomic E-state index is -4.36. The fourth-order valence-electron chi connectivity index (χ4n) is 10.4. The Morgan fingerprint density at radius 3 is 1.09 bits per heavy atom. The van der Waals surface area contributed by atoms with Gasteiger partial charge in [-0.15, -0.1) is 0 Å². The topological polar surface area (TPSA) is 105 Å². The van der Waals surface area contributed by atoms with Gasteiger partial charge in [-0.2, -0.15) is 0 Å². The number of carbonyl (C=O) groups is 1. The molecule has 0 heterocycles. The summed E-state index contributed by atoms with van der Waals surface area (Å²) in [5.74, 6) is -0.181. The van der Waals surface area contributed by atoms with Crippen LogP contribution in [0.15, 0.2) is 48.6 Å². The molecule has 79 heavy (non-hydrogen) atoms. The first-order valence-corrected chi connectivity index (χ1v) is 36.0. The number of aliphatic hydroxyl groups excluding tert-OH is 1. The van der Waals surface area contributed by atoms with Crippen LogP contribution in [0, 0.1) is 0 Å². The van der Waals surface area contributed by atoms with Crippen molar-refractivity contribution in [1.82, 2.24) is 5.32 Å². The average Bonchev–Trinajstić information content (AvgIpc) is 3.42. The largest absolute Gasteiger partial charge is 0.472 e. The van der Waals surface area contributed by atoms with Gasteiger partial charge in [0.2, 0.25) is 5.91 Å². The molecule has 0 aliphatic carbocycles. The lowest BCUT2D eigenvalue weighted by atomic mass is 10.0. The fourth-order valence-corrected chi connectivity index (χ4v) is 11.1. The molecule has 0 spiro atoms. The van der Waals surface area contributed by atoms with Gasteiger partial charge in [-0.1, -0.05) is 319 Å². The number of hydrogen-bond donors (Lipinski definition) is 3. The fraction of sp³-hybridized carbons (Fsp3) is 0.871. The summed E-state index contributed by atoms with van der Waals surface area (Å²) in [4.78, 5) is 23.3. The van der Waals surface area contributed by atoms with Crippen LogP contribution in [0.1, 0.15) is 341 Å². The maximum Gasteiger partial charge on any atom is 0.472 e. The molecule has 0 aromatic rings. The van der Waals surface area contributed by atoms with Crippen LogP contribution in [0.3, 0.4) is 0 Å². The lowest BCUT2D eigenvalue weighted by Gasteiger charge is -2.25. The third-order valence-electron chi connectivity index (χ3n) is 15.8. The van der Waals surface area contributed by atoms with Gasteiger partial charge in [-0.05, 0) is 64.2 Å². The number of nitrogens with one attached hydrogen (secondary N) is 1. The SMILES string of the molecule is CCCCCCC/C=C\C/C=C\CCCCCCCCCCCCCCCCCCCCCCCCCCCCCCCC(=O)NC(COP(=O)(O)OCC[N+](C)(C)C)C(O)/C=C/CC/C=C/CCCCCCCCCCCC. The van der Waals surface area contributed by atoms with Crippen LogP contribution >= 0.6 is 7.82 Å². The maximum atomic E-state index is 13.0. The summed E-state index contributed by atoms with van der Waals surface area (Å²) in [5, 5.41) is 13.9. The van der Waals surface area contributed by atoms with Gasteiger partial charge in [0.1, 0.15) is 13.2 Å². The van der Waals surface area contributed by atoms with Crippen LogP contribution in [-0.2, 0) is 18.4 Å². The molecule has 9 heteroatoms. The molecule has 3 atom stereocenters. The highest BCUT2D eigenvalue weighted by Crippen LogP contribution is 2.43. The number of allylic oxidation sites excluding steroid dienone is 7. The molecule has 0 saturated heterocycles. The normalized spacial score (nSPS) is 14.0. The van der Waals surface area contributed by atoms with E-state index in [4.69, 9.17) is 9.05 Å². The second-order valence-electron chi connectivity index (χ2n) is 24.9. The number of amides is 1. The van der Waals surface area contributed by atoms with Crippen molar-refractivity contribution in [2.75, 3.05) is 40.9 Å². The molecule has 0 aliphatic rings. The van der Waals surface area contributed by atoms with E-state index in [1.165, 1.54) is 276 Å². The van der Waals surface area contributed by atoms with E-state index < -0.39 is 20.0 Å². The number of phosphoric acid groups is 1. The zero-order valence-corrected chi connectivity index (χ0v) is 54.3. The quantitative estimate of drug-likeness (QED) is 0.0243. The Balaban J connectivity index is 3.88. The molecule has 1 amide bonds. The Bertz CT molecular complexity index is 1430. The average molecular weight is 1130 g/mol. The van der Waals surface area contributed by atoms with Crippen LogP contribution in [0.4, 0.5) is 0 Å². The molecule has 3 unspecified atom stereocenters. The van der Waals surface area contributed by atoms with Gasteiger partial charge in [0.25, 0.3) is 0 Å². The number of unbranched alkanes of at least 4 members (excludes halogenated alkanes) is 45. The van der Waals surface area contributed by atoms with Crippen molar-refractivity contribution in [2.24, 2.45) is 0 Å². The smallest absolute Gasteiger partial charge is 0.387 e. The molecule has 466 valence electrons. The van der Waals surface area contributed by atoms with Crippen molar-refractivity contribution in [3.63, 3.8) is 0 Å². The molecule has 0 aliphatic heterocycles. The molecule has 0 rings (SSSR count). The molecule has 8 nitrogen and oxygen atoms in total. The van der Waals surface area contributed by atoms with Crippen LogP contribution in [0.5, 0.6) is 0 Å². The number of nitrogens with zero attached hydrogens (tertiary/aromatic N) is 1. The summed E-state index contributed by atoms with van der Waals surface area (Å²) < 4.78 is 23.7. The number of hydrogen-bond acceptors (Lipinski definition) is 5. The minimum absolute atomic E-state index is 0.0577. The van der Waals surface area contributed by atoms with Gasteiger partial charge in [0.05, 0.1) is 39.9 Å². The Hall–Kier alpha value is -1.54. The minimum Gasteiger partial charge on any atom is -0.387 e. The molecule has 0 radical (unpaired) electrons. The molecular formula is C70H136N2O6P+. The first-order chi connectivity index (χ1) is 38.5. The second kappa shape index (κ2) is 61.0. The predicted octanol–water partition coefficient (Wildman–Crippen LogP) is 21.8. The monoisotopic (exact) mass is 1130 g/mol. The van der Waals surface area contributed by atoms with E-state index in [0.29, 0.717) is 17.4 Å². The molecule has 0 aromatic heterocycles. The third kappa shape index (κ3) is 63.9. The lowest BCUT2D eigenvalue weighted by molar-refractivity contribution is -0.870. The number of likely N-dealkylation sites (N-methyl/N-ethyl adjacent to an activating group) is 1. The van der Waals surface area contributed by atoms with Crippen LogP contribution in [0.25, 0.3) is 0 Å². The van der Waals surface area contributed by atoms with E-state index in [0.717, 1.165) is 44.9 Å². The van der Waals surface area contributed by atoms with Crippen LogP contribution < -0.4 is 5.32 Å². The summed E-state index contributed by atoms with van der Waals surface area (Å²) in [6.07, 6.45) is 82.8. The number of aliphatic hydroxyl groups is 1. The van der Waals surface area contributed by atoms with Gasteiger partial charge in [-0.25, -0.2) is 4.57 Å². The van der Waals surface area contributed by atoms with E-state index in [-0.39, 0.29) is 19.1 Å². The van der Waals surface area contributed by atoms with E-state index in [1.54, 1.807) is 6.08 Å². The van der Waals surface area contributed by atoms with Crippen LogP contribution in [0.2, 0.25) is 0 Å². The zero-order valence-electron chi connectivity index (χ0n) is 53.4. The standard InChI is InChI=1S/C70H135N2O6P/c1-6-8-10-12-14-16-18-20-22-24-25-26-27-28-29-30-31-32-33-34-35-36-37-38-39-40-41-42-43-44-45-46-47-48-50-52-54-56-58-60-62-64-70(74)71-68(67-78-79(75,76)77-66-65-72(3,4)5)69(73)63-61-59-57-55-53-51-49-23-21-19-17-15-13-11-9-7-2/h18,20,24-25,53,55,61,63,68-69,73H,6-17,19,21-23,26-52,54,56-60,62,64-67H2,1-5H3,(H-,71,74,75,76)/p+1/b20-18-,25-24-,55-53+,63-61+. The highest BCUT2D eigenvalue weighted by Gasteiger charge is 2.28. The van der Waals surface area contributed by atoms with Gasteiger partial charge in [0, 0.05) is 6.42 Å². The number of phosphoric ester groups is 1. The van der Waals surface area contributed by atoms with Crippen LogP contribution in [-0.4, -0.2) is 73.4 Å². The van der Waals surface area contributed by atoms with E-state index in [1.807, 2.05) is 27.2 Å². The van der Waals surface area contributed by atoms with Crippen molar-refractivity contribution in [2.45, 2.75) is 353 Å². The first-order valence-electron chi connectivity index (χ1n) is 34.5. The molecule has 3 N–H and O–H groups in total. The summed E-state index contributed by atoms with van der Waals surface area (Å²) >= 11 is 0. The first kappa shape index (κ1) is 77.5. The van der Waals surface area contributed by atoms with Crippen molar-refractivity contribution < 1.29 is 32.9 Å². The molecular weight excluding hydrogens is 996 g/mol. The number of carbonyl (C=O) groups excluding carboxylic acids is 1. The predicted molar refractivity (Wildman–Crippen MR) is 346 cm³/mol. The van der Waals surface area contributed by atoms with E-state index in [2.05, 4.69) is 55.6 Å². The molecule has 0 saturated carbocycles. The summed E-state index contributed by atoms with van der Waals surface area (Å²) in [6.45, 7) is 4.82. The Morgan fingerprint density at radius 1 is 0.430 bits per heavy atom. The van der Waals surface area contributed by atoms with Gasteiger partial charge in [0.15, 0.2) is 0 Å². The van der Waals surface area contributed by atoms with Gasteiger partial charge >= 0.3 is 7.82 Å². The molecule has 0 aromatic carbocycles. The van der Waals surface area contributed by atoms with E-state index in [9.17, 15) is 19.4 Å². The highest BCUT2D eigenvalue weighted by atomic mass is 31.2. The van der Waals surface area contributed by atoms with E-state index >= 15 is 0 Å². The molecule has 0 fully saturated rings. The van der Waals surface area contributed by atoms with Crippen molar-refractivity contribution in [3.05, 3.63) is 48.6 Å². The highest BCUT2D eigenvalue weighted by molar-refractivity contribution is 7.47. The van der Waals surface area contributed by atoms with Crippen molar-refractivity contribution >= 4 is 13.7 Å². The van der Waals surface area contributed by atoms with Gasteiger partial charge in [-0.3, -0.25) is 13.8 Å². The number of rotatable bonds is 64. The lowest BCUT2D eigenvalue weighted by Crippen LogP contribution is -2.45. The van der Waals surface area contributed by atoms with Crippen molar-refractivity contribution in [1.29, 1.82) is 0 Å². The Kier molecular flexibility index (Phi) is 59.8. The Labute approximate surface area is 492 Å². The second-order valence-corrected chi connectivity index (χ2v) is 26.4. The molecule has 0 bridgehead atoms. The number of quaternary nitrogens is 1. The Morgan fingerprint density at radius 2 is 0.734 bits per heavy atom. The maximum absolute atomic E-state index is 13.0. The summed E-state index contributed by atoms with van der Waals surface area (Å²) in [7, 11) is 1.57. The van der Waals surface area contributed by atoms with Gasteiger partial charge < -0.3 is 19.8 Å².